The summed E-state index contributed by atoms with van der Waals surface area (Å²) in [7, 11) is 0. The number of anilines is 1. The third kappa shape index (κ3) is 5.34. The van der Waals surface area contributed by atoms with Gasteiger partial charge < -0.3 is 15.1 Å². The Bertz CT molecular complexity index is 2940. The number of aromatic nitrogens is 1. The molecule has 0 radical (unpaired) electrons. The van der Waals surface area contributed by atoms with Crippen molar-refractivity contribution in [2.45, 2.75) is 12.2 Å². The molecule has 0 saturated heterocycles. The summed E-state index contributed by atoms with van der Waals surface area (Å²) >= 11 is 0. The highest BCUT2D eigenvalue weighted by atomic mass is 16.3. The van der Waals surface area contributed by atoms with Gasteiger partial charge in [0.05, 0.1) is 10.9 Å². The molecule has 0 spiro atoms. The molecule has 2 atom stereocenters. The number of rotatable bonds is 6. The third-order valence-electron chi connectivity index (χ3n) is 10.9. The molecule has 6 heteroatoms. The Balaban J connectivity index is 1.01. The van der Waals surface area contributed by atoms with Gasteiger partial charge in [-0.2, -0.15) is 0 Å². The van der Waals surface area contributed by atoms with Gasteiger partial charge in [0.25, 0.3) is 0 Å². The van der Waals surface area contributed by atoms with Crippen molar-refractivity contribution in [3.05, 3.63) is 216 Å². The van der Waals surface area contributed by atoms with Crippen molar-refractivity contribution in [2.24, 2.45) is 9.98 Å². The van der Waals surface area contributed by atoms with Gasteiger partial charge in [0.1, 0.15) is 23.8 Å². The Morgan fingerprint density at radius 3 is 1.89 bits per heavy atom. The van der Waals surface area contributed by atoms with E-state index >= 15 is 0 Å². The van der Waals surface area contributed by atoms with E-state index in [2.05, 4.69) is 179 Å². The first-order valence-corrected chi connectivity index (χ1v) is 19.0. The summed E-state index contributed by atoms with van der Waals surface area (Å²) in [6.45, 7) is 0. The molecule has 4 heterocycles. The number of hydrogen-bond acceptors (Lipinski definition) is 5. The van der Waals surface area contributed by atoms with E-state index in [1.807, 2.05) is 24.3 Å². The number of para-hydroxylation sites is 2. The average molecular weight is 722 g/mol. The molecule has 2 aliphatic rings. The summed E-state index contributed by atoms with van der Waals surface area (Å²) in [5.74, 6) is 2.39. The minimum atomic E-state index is -0.288. The van der Waals surface area contributed by atoms with Crippen LogP contribution in [0.4, 0.5) is 5.69 Å². The Labute approximate surface area is 324 Å². The van der Waals surface area contributed by atoms with E-state index in [0.29, 0.717) is 5.84 Å². The highest BCUT2D eigenvalue weighted by Gasteiger charge is 2.34. The molecule has 56 heavy (non-hydrogen) atoms. The highest BCUT2D eigenvalue weighted by molar-refractivity contribution is 6.17. The Morgan fingerprint density at radius 2 is 1.12 bits per heavy atom. The van der Waals surface area contributed by atoms with Gasteiger partial charge in [-0.1, -0.05) is 152 Å². The minimum Gasteiger partial charge on any atom is -0.441 e. The molecule has 0 bridgehead atoms. The van der Waals surface area contributed by atoms with Gasteiger partial charge in [-0.05, 0) is 58.7 Å². The topological polar surface area (TPSA) is 66.8 Å². The van der Waals surface area contributed by atoms with Gasteiger partial charge in [-0.15, -0.1) is 0 Å². The molecule has 7 aromatic carbocycles. The molecule has 2 N–H and O–H groups in total. The van der Waals surface area contributed by atoms with Crippen LogP contribution in [-0.4, -0.2) is 16.2 Å². The predicted molar refractivity (Wildman–Crippen MR) is 228 cm³/mol. The molecule has 0 aliphatic carbocycles. The SMILES string of the molecule is c1ccc(-c2ccc(C3=NC(c4ccccc4)NC(c4ccc(-n5c6ccccc6c6c7c(oc65)C(c5ccccc5)Nc5ccccc5-7)cc4)=N3)cc2)cc1. The molecule has 266 valence electrons. The summed E-state index contributed by atoms with van der Waals surface area (Å²) < 4.78 is 9.29. The van der Waals surface area contributed by atoms with Crippen molar-refractivity contribution in [1.82, 2.24) is 9.88 Å². The van der Waals surface area contributed by atoms with E-state index in [1.165, 1.54) is 5.56 Å². The fourth-order valence-corrected chi connectivity index (χ4v) is 8.23. The second-order valence-electron chi connectivity index (χ2n) is 14.3. The van der Waals surface area contributed by atoms with Gasteiger partial charge in [0.2, 0.25) is 5.71 Å². The van der Waals surface area contributed by atoms with Crippen molar-refractivity contribution in [1.29, 1.82) is 0 Å². The molecule has 0 amide bonds. The molecule has 2 aliphatic heterocycles. The van der Waals surface area contributed by atoms with E-state index in [4.69, 9.17) is 14.4 Å². The van der Waals surface area contributed by atoms with Crippen LogP contribution in [0.2, 0.25) is 0 Å². The maximum Gasteiger partial charge on any atom is 0.213 e. The van der Waals surface area contributed by atoms with Gasteiger partial charge in [0.15, 0.2) is 5.84 Å². The summed E-state index contributed by atoms with van der Waals surface area (Å²) in [5, 5.41) is 9.69. The second-order valence-corrected chi connectivity index (χ2v) is 14.3. The standard InChI is InChI=1S/C50H35N5O/c1-4-14-32(15-5-1)33-24-26-36(27-25-33)48-52-47(35-18-8-3-9-19-35)53-49(54-48)37-28-30-38(31-29-37)55-42-23-13-11-21-40(42)44-43-39-20-10-12-22-41(39)51-45(46(43)56-50(44)55)34-16-6-2-7-17-34/h1-31,45,47,51H,(H,52,53,54). The Kier molecular flexibility index (Phi) is 7.52. The van der Waals surface area contributed by atoms with E-state index < -0.39 is 0 Å². The molecule has 11 rings (SSSR count). The summed E-state index contributed by atoms with van der Waals surface area (Å²) in [5.41, 5.74) is 12.8. The van der Waals surface area contributed by atoms with Crippen molar-refractivity contribution >= 4 is 39.4 Å². The first kappa shape index (κ1) is 32.0. The van der Waals surface area contributed by atoms with Gasteiger partial charge in [-0.3, -0.25) is 4.57 Å². The number of fused-ring (bicyclic) bond motifs is 7. The lowest BCUT2D eigenvalue weighted by atomic mass is 9.90. The smallest absolute Gasteiger partial charge is 0.213 e. The number of benzene rings is 7. The quantitative estimate of drug-likeness (QED) is 0.180. The molecule has 6 nitrogen and oxygen atoms in total. The van der Waals surface area contributed by atoms with Crippen LogP contribution in [0, 0.1) is 0 Å². The molecule has 9 aromatic rings. The summed E-state index contributed by atoms with van der Waals surface area (Å²) in [6.07, 6.45) is -0.288. The fourth-order valence-electron chi connectivity index (χ4n) is 8.23. The number of nitrogens with one attached hydrogen (secondary N) is 2. The molecule has 2 unspecified atom stereocenters. The maximum atomic E-state index is 7.04. The van der Waals surface area contributed by atoms with Crippen LogP contribution in [0.25, 0.3) is 49.9 Å². The highest BCUT2D eigenvalue weighted by Crippen LogP contribution is 2.51. The zero-order valence-corrected chi connectivity index (χ0v) is 30.3. The van der Waals surface area contributed by atoms with Crippen molar-refractivity contribution < 1.29 is 4.42 Å². The lowest BCUT2D eigenvalue weighted by molar-refractivity contribution is 0.522. The first-order valence-electron chi connectivity index (χ1n) is 19.0. The normalized spacial score (nSPS) is 16.0. The number of hydrogen-bond donors (Lipinski definition) is 2. The van der Waals surface area contributed by atoms with Crippen LogP contribution >= 0.6 is 0 Å². The number of furan rings is 1. The van der Waals surface area contributed by atoms with Crippen molar-refractivity contribution in [2.75, 3.05) is 5.32 Å². The first-order chi connectivity index (χ1) is 27.8. The lowest BCUT2D eigenvalue weighted by Gasteiger charge is -2.26. The number of aliphatic imine (C=N–C) groups is 2. The third-order valence-corrected chi connectivity index (χ3v) is 10.9. The Hall–Kier alpha value is -7.44. The van der Waals surface area contributed by atoms with E-state index in [1.54, 1.807) is 0 Å². The van der Waals surface area contributed by atoms with Crippen LogP contribution in [0.15, 0.2) is 202 Å². The van der Waals surface area contributed by atoms with Crippen LogP contribution in [-0.2, 0) is 0 Å². The van der Waals surface area contributed by atoms with E-state index in [-0.39, 0.29) is 12.2 Å². The van der Waals surface area contributed by atoms with Crippen molar-refractivity contribution in [3.63, 3.8) is 0 Å². The minimum absolute atomic E-state index is 0.124. The number of amidine groups is 2. The van der Waals surface area contributed by atoms with Crippen LogP contribution in [0.3, 0.4) is 0 Å². The maximum absolute atomic E-state index is 7.04. The monoisotopic (exact) mass is 721 g/mol. The average Bonchev–Trinajstić information content (AvgIpc) is 3.82. The predicted octanol–water partition coefficient (Wildman–Crippen LogP) is 11.7. The number of nitrogens with zero attached hydrogens (tertiary/aromatic N) is 3. The second kappa shape index (κ2) is 13.1. The van der Waals surface area contributed by atoms with Gasteiger partial charge in [-0.25, -0.2) is 9.98 Å². The van der Waals surface area contributed by atoms with Gasteiger partial charge >= 0.3 is 0 Å². The molecule has 2 aromatic heterocycles. The Morgan fingerprint density at radius 1 is 0.518 bits per heavy atom. The molecular weight excluding hydrogens is 687 g/mol. The summed E-state index contributed by atoms with van der Waals surface area (Å²) in [6, 6.07) is 65.4. The molecule has 0 saturated carbocycles. The van der Waals surface area contributed by atoms with E-state index in [0.717, 1.165) is 83.9 Å². The zero-order valence-electron chi connectivity index (χ0n) is 30.3. The molecule has 0 fully saturated rings. The molecular formula is C50H35N5O. The van der Waals surface area contributed by atoms with E-state index in [9.17, 15) is 0 Å². The largest absolute Gasteiger partial charge is 0.441 e. The van der Waals surface area contributed by atoms with Crippen LogP contribution < -0.4 is 10.6 Å². The van der Waals surface area contributed by atoms with Gasteiger partial charge in [0, 0.05) is 39.0 Å². The van der Waals surface area contributed by atoms with Crippen molar-refractivity contribution in [3.8, 4) is 27.9 Å². The zero-order chi connectivity index (χ0) is 37.0. The lowest BCUT2D eigenvalue weighted by Crippen LogP contribution is -2.33. The van der Waals surface area contributed by atoms with Crippen LogP contribution in [0.1, 0.15) is 40.2 Å². The van der Waals surface area contributed by atoms with Crippen LogP contribution in [0.5, 0.6) is 0 Å². The fraction of sp³-hybridized carbons (Fsp3) is 0.0400. The summed E-state index contributed by atoms with van der Waals surface area (Å²) in [4.78, 5) is 10.2.